The first-order valence-corrected chi connectivity index (χ1v) is 10.9. The van der Waals surface area contributed by atoms with Crippen molar-refractivity contribution < 1.29 is 19.1 Å². The summed E-state index contributed by atoms with van der Waals surface area (Å²) < 4.78 is 5.31. The van der Waals surface area contributed by atoms with Crippen LogP contribution in [0.4, 0.5) is 0 Å². The second-order valence-corrected chi connectivity index (χ2v) is 8.17. The van der Waals surface area contributed by atoms with E-state index >= 15 is 0 Å². The Hall–Kier alpha value is -3.15. The number of carbonyl (C=O) groups is 3. The van der Waals surface area contributed by atoms with Crippen LogP contribution in [0.15, 0.2) is 54.6 Å². The average Bonchev–Trinajstić information content (AvgIpc) is 2.79. The Morgan fingerprint density at radius 3 is 2.42 bits per heavy atom. The van der Waals surface area contributed by atoms with Gasteiger partial charge in [-0.05, 0) is 43.4 Å². The van der Waals surface area contributed by atoms with Gasteiger partial charge in [0.15, 0.2) is 0 Å². The average molecular weight is 421 g/mol. The van der Waals surface area contributed by atoms with E-state index in [4.69, 9.17) is 4.74 Å². The van der Waals surface area contributed by atoms with Gasteiger partial charge in [0, 0.05) is 13.0 Å². The minimum Gasteiger partial charge on any atom is -0.464 e. The van der Waals surface area contributed by atoms with Crippen molar-refractivity contribution >= 4 is 17.8 Å². The van der Waals surface area contributed by atoms with Crippen molar-refractivity contribution in [3.05, 3.63) is 71.3 Å². The predicted molar refractivity (Wildman–Crippen MR) is 116 cm³/mol. The highest BCUT2D eigenvalue weighted by Gasteiger charge is 2.49. The molecule has 0 saturated carbocycles. The van der Waals surface area contributed by atoms with Crippen LogP contribution in [0.25, 0.3) is 0 Å². The van der Waals surface area contributed by atoms with Crippen LogP contribution >= 0.6 is 0 Å². The molecule has 6 heteroatoms. The zero-order valence-corrected chi connectivity index (χ0v) is 18.0. The summed E-state index contributed by atoms with van der Waals surface area (Å²) in [5.74, 6) is -0.739. The van der Waals surface area contributed by atoms with E-state index in [-0.39, 0.29) is 18.4 Å². The molecule has 0 spiro atoms. The summed E-state index contributed by atoms with van der Waals surface area (Å²) in [5.41, 5.74) is 3.23. The fourth-order valence-corrected chi connectivity index (χ4v) is 4.68. The number of carbonyl (C=O) groups excluding carboxylic acids is 3. The minimum absolute atomic E-state index is 0.117. The lowest BCUT2D eigenvalue weighted by Crippen LogP contribution is -2.68. The molecule has 31 heavy (non-hydrogen) atoms. The van der Waals surface area contributed by atoms with Crippen LogP contribution in [0.3, 0.4) is 0 Å². The van der Waals surface area contributed by atoms with Gasteiger partial charge in [-0.2, -0.15) is 0 Å². The van der Waals surface area contributed by atoms with Crippen molar-refractivity contribution in [2.45, 2.75) is 57.8 Å². The Labute approximate surface area is 182 Å². The Morgan fingerprint density at radius 2 is 1.71 bits per heavy atom. The first kappa shape index (κ1) is 21.1. The standard InChI is InChI=1S/C25H28N2O4/c1-3-31-25(30)21(14-13-18-9-5-4-6-10-18)27-17(2)23(28)26-16-20-12-8-7-11-19(20)15-22(26)24(27)29/h4-12,17,21-22H,3,13-16H2,1-2H3/t17-,21-,22?/m0/s1. The topological polar surface area (TPSA) is 66.9 Å². The number of amides is 2. The fourth-order valence-electron chi connectivity index (χ4n) is 4.68. The molecule has 0 bridgehead atoms. The highest BCUT2D eigenvalue weighted by atomic mass is 16.5. The van der Waals surface area contributed by atoms with Crippen LogP contribution < -0.4 is 0 Å². The third-order valence-electron chi connectivity index (χ3n) is 6.29. The minimum atomic E-state index is -0.786. The summed E-state index contributed by atoms with van der Waals surface area (Å²) in [4.78, 5) is 42.9. The van der Waals surface area contributed by atoms with E-state index in [2.05, 4.69) is 0 Å². The molecule has 4 rings (SSSR count). The third-order valence-corrected chi connectivity index (χ3v) is 6.29. The van der Waals surface area contributed by atoms with Gasteiger partial charge >= 0.3 is 5.97 Å². The number of benzene rings is 2. The molecule has 6 nitrogen and oxygen atoms in total. The Balaban J connectivity index is 1.62. The second-order valence-electron chi connectivity index (χ2n) is 8.17. The zero-order valence-electron chi connectivity index (χ0n) is 18.0. The molecule has 0 aliphatic carbocycles. The van der Waals surface area contributed by atoms with Crippen LogP contribution in [0.2, 0.25) is 0 Å². The molecule has 2 heterocycles. The van der Waals surface area contributed by atoms with Gasteiger partial charge in [0.05, 0.1) is 6.61 Å². The maximum Gasteiger partial charge on any atom is 0.328 e. The van der Waals surface area contributed by atoms with Gasteiger partial charge in [-0.25, -0.2) is 4.79 Å². The largest absolute Gasteiger partial charge is 0.464 e. The van der Waals surface area contributed by atoms with Gasteiger partial charge in [-0.3, -0.25) is 9.59 Å². The second kappa shape index (κ2) is 8.92. The number of piperazine rings is 1. The lowest BCUT2D eigenvalue weighted by atomic mass is 9.89. The summed E-state index contributed by atoms with van der Waals surface area (Å²) in [6, 6.07) is 15.7. The number of rotatable bonds is 6. The van der Waals surface area contributed by atoms with Gasteiger partial charge in [0.1, 0.15) is 18.1 Å². The van der Waals surface area contributed by atoms with Crippen molar-refractivity contribution in [3.8, 4) is 0 Å². The monoisotopic (exact) mass is 420 g/mol. The van der Waals surface area contributed by atoms with Gasteiger partial charge < -0.3 is 14.5 Å². The predicted octanol–water partition coefficient (Wildman–Crippen LogP) is 2.74. The molecule has 1 saturated heterocycles. The van der Waals surface area contributed by atoms with Crippen LogP contribution in [0.5, 0.6) is 0 Å². The maximum absolute atomic E-state index is 13.6. The fraction of sp³-hybridized carbons (Fsp3) is 0.400. The van der Waals surface area contributed by atoms with E-state index in [1.54, 1.807) is 18.7 Å². The van der Waals surface area contributed by atoms with Crippen LogP contribution in [-0.4, -0.2) is 52.3 Å². The molecule has 2 aliphatic rings. The Kier molecular flexibility index (Phi) is 6.07. The molecule has 162 valence electrons. The summed E-state index contributed by atoms with van der Waals surface area (Å²) >= 11 is 0. The quantitative estimate of drug-likeness (QED) is 0.674. The molecule has 2 aliphatic heterocycles. The van der Waals surface area contributed by atoms with Crippen LogP contribution in [0.1, 0.15) is 37.0 Å². The molecular formula is C25H28N2O4. The normalized spacial score (nSPS) is 21.4. The highest BCUT2D eigenvalue weighted by molar-refractivity contribution is 5.99. The van der Waals surface area contributed by atoms with E-state index in [0.717, 1.165) is 16.7 Å². The molecule has 0 N–H and O–H groups in total. The molecule has 1 unspecified atom stereocenters. The van der Waals surface area contributed by atoms with Gasteiger partial charge in [0.2, 0.25) is 11.8 Å². The smallest absolute Gasteiger partial charge is 0.328 e. The number of ether oxygens (including phenoxy) is 1. The van der Waals surface area contributed by atoms with E-state index < -0.39 is 24.1 Å². The molecular weight excluding hydrogens is 392 g/mol. The van der Waals surface area contributed by atoms with Crippen molar-refractivity contribution in [2.24, 2.45) is 0 Å². The lowest BCUT2D eigenvalue weighted by molar-refractivity contribution is -0.171. The van der Waals surface area contributed by atoms with Crippen molar-refractivity contribution in [3.63, 3.8) is 0 Å². The lowest BCUT2D eigenvalue weighted by Gasteiger charge is -2.48. The van der Waals surface area contributed by atoms with Crippen molar-refractivity contribution in [1.82, 2.24) is 9.80 Å². The van der Waals surface area contributed by atoms with E-state index in [1.165, 1.54) is 4.90 Å². The molecule has 2 aromatic carbocycles. The maximum atomic E-state index is 13.6. The molecule has 1 fully saturated rings. The number of esters is 1. The van der Waals surface area contributed by atoms with Crippen molar-refractivity contribution in [1.29, 1.82) is 0 Å². The van der Waals surface area contributed by atoms with E-state index in [1.807, 2.05) is 54.6 Å². The molecule has 3 atom stereocenters. The highest BCUT2D eigenvalue weighted by Crippen LogP contribution is 2.31. The Morgan fingerprint density at radius 1 is 1.03 bits per heavy atom. The molecule has 0 aromatic heterocycles. The number of fused-ring (bicyclic) bond motifs is 2. The summed E-state index contributed by atoms with van der Waals surface area (Å²) in [7, 11) is 0. The van der Waals surface area contributed by atoms with Gasteiger partial charge in [0.25, 0.3) is 0 Å². The third kappa shape index (κ3) is 4.07. The first-order valence-electron chi connectivity index (χ1n) is 10.9. The molecule has 2 aromatic rings. The number of hydrogen-bond acceptors (Lipinski definition) is 4. The van der Waals surface area contributed by atoms with Gasteiger partial charge in [-0.15, -0.1) is 0 Å². The van der Waals surface area contributed by atoms with E-state index in [0.29, 0.717) is 25.8 Å². The molecule has 2 amide bonds. The Bertz CT molecular complexity index is 974. The van der Waals surface area contributed by atoms with Gasteiger partial charge in [-0.1, -0.05) is 54.6 Å². The molecule has 0 radical (unpaired) electrons. The first-order chi connectivity index (χ1) is 15.0. The van der Waals surface area contributed by atoms with Crippen molar-refractivity contribution in [2.75, 3.05) is 6.61 Å². The number of aryl methyl sites for hydroxylation is 1. The van der Waals surface area contributed by atoms with Crippen LogP contribution in [0, 0.1) is 0 Å². The summed E-state index contributed by atoms with van der Waals surface area (Å²) in [5, 5.41) is 0. The number of nitrogens with zero attached hydrogens (tertiary/aromatic N) is 2. The zero-order chi connectivity index (χ0) is 22.0. The van der Waals surface area contributed by atoms with E-state index in [9.17, 15) is 14.4 Å². The number of hydrogen-bond donors (Lipinski definition) is 0. The van der Waals surface area contributed by atoms with Crippen LogP contribution in [-0.2, 0) is 38.5 Å². The summed E-state index contributed by atoms with van der Waals surface area (Å²) in [6.07, 6.45) is 1.50. The SMILES string of the molecule is CCOC(=O)[C@H](CCc1ccccc1)N1C(=O)C2Cc3ccccc3CN2C(=O)[C@@H]1C. The summed E-state index contributed by atoms with van der Waals surface area (Å²) in [6.45, 7) is 4.12.